The Morgan fingerprint density at radius 3 is 3.00 bits per heavy atom. The molecule has 1 heterocycles. The maximum atomic E-state index is 4.30. The van der Waals surface area contributed by atoms with E-state index in [9.17, 15) is 0 Å². The molecule has 0 unspecified atom stereocenters. The fourth-order valence-electron chi connectivity index (χ4n) is 1.63. The van der Waals surface area contributed by atoms with Gasteiger partial charge in [0.25, 0.3) is 0 Å². The van der Waals surface area contributed by atoms with Crippen LogP contribution in [0.5, 0.6) is 0 Å². The average Bonchev–Trinajstić information content (AvgIpc) is 2.59. The van der Waals surface area contributed by atoms with Gasteiger partial charge in [0.15, 0.2) is 0 Å². The highest BCUT2D eigenvalue weighted by Crippen LogP contribution is 2.20. The van der Waals surface area contributed by atoms with Crippen molar-refractivity contribution in [1.29, 1.82) is 0 Å². The van der Waals surface area contributed by atoms with Crippen molar-refractivity contribution in [3.8, 4) is 0 Å². The van der Waals surface area contributed by atoms with Gasteiger partial charge < -0.3 is 0 Å². The van der Waals surface area contributed by atoms with Crippen molar-refractivity contribution in [1.82, 2.24) is 4.98 Å². The first-order valence-electron chi connectivity index (χ1n) is 4.53. The van der Waals surface area contributed by atoms with E-state index in [2.05, 4.69) is 23.2 Å². The molecule has 0 saturated heterocycles. The van der Waals surface area contributed by atoms with Crippen LogP contribution >= 0.6 is 0 Å². The third-order valence-corrected chi connectivity index (χ3v) is 2.27. The maximum absolute atomic E-state index is 4.30. The molecule has 1 aromatic rings. The largest absolute Gasteiger partial charge is 0.261 e. The second-order valence-corrected chi connectivity index (χ2v) is 3.25. The molecular formula is C11H13N. The van der Waals surface area contributed by atoms with E-state index in [0.717, 1.165) is 6.42 Å². The third-order valence-electron chi connectivity index (χ3n) is 2.27. The van der Waals surface area contributed by atoms with Crippen molar-refractivity contribution in [2.75, 3.05) is 0 Å². The standard InChI is InChI=1S/C11H13N/c1-2-6-10(5-1)9-11-7-3-4-8-12-11/h3-5,7-8H,1-2,6,9H2. The molecule has 2 rings (SSSR count). The smallest absolute Gasteiger partial charge is 0.0444 e. The lowest BCUT2D eigenvalue weighted by Crippen LogP contribution is -1.90. The summed E-state index contributed by atoms with van der Waals surface area (Å²) in [5, 5.41) is 0. The summed E-state index contributed by atoms with van der Waals surface area (Å²) in [5.74, 6) is 0. The number of hydrogen-bond donors (Lipinski definition) is 0. The fourth-order valence-corrected chi connectivity index (χ4v) is 1.63. The van der Waals surface area contributed by atoms with Crippen LogP contribution in [-0.4, -0.2) is 4.98 Å². The van der Waals surface area contributed by atoms with E-state index in [0.29, 0.717) is 0 Å². The summed E-state index contributed by atoms with van der Waals surface area (Å²) in [6, 6.07) is 6.11. The van der Waals surface area contributed by atoms with Crippen molar-refractivity contribution >= 4 is 0 Å². The number of aromatic nitrogens is 1. The average molecular weight is 159 g/mol. The number of nitrogens with zero attached hydrogens (tertiary/aromatic N) is 1. The Balaban J connectivity index is 2.04. The zero-order chi connectivity index (χ0) is 8.23. The lowest BCUT2D eigenvalue weighted by Gasteiger charge is -1.99. The molecule has 0 amide bonds. The summed E-state index contributed by atoms with van der Waals surface area (Å²) in [6.45, 7) is 0. The second-order valence-electron chi connectivity index (χ2n) is 3.25. The third kappa shape index (κ3) is 1.73. The molecular weight excluding hydrogens is 146 g/mol. The summed E-state index contributed by atoms with van der Waals surface area (Å²) in [5.41, 5.74) is 2.76. The Morgan fingerprint density at radius 1 is 1.33 bits per heavy atom. The van der Waals surface area contributed by atoms with Crippen LogP contribution in [0.25, 0.3) is 0 Å². The molecule has 12 heavy (non-hydrogen) atoms. The second kappa shape index (κ2) is 3.53. The van der Waals surface area contributed by atoms with Gasteiger partial charge in [-0.2, -0.15) is 0 Å². The van der Waals surface area contributed by atoms with Crippen molar-refractivity contribution < 1.29 is 0 Å². The molecule has 1 aromatic heterocycles. The number of pyridine rings is 1. The van der Waals surface area contributed by atoms with E-state index in [1.165, 1.54) is 25.0 Å². The number of hydrogen-bond acceptors (Lipinski definition) is 1. The van der Waals surface area contributed by atoms with Gasteiger partial charge >= 0.3 is 0 Å². The summed E-state index contributed by atoms with van der Waals surface area (Å²) >= 11 is 0. The molecule has 0 spiro atoms. The predicted molar refractivity (Wildman–Crippen MR) is 49.9 cm³/mol. The minimum atomic E-state index is 1.06. The topological polar surface area (TPSA) is 12.9 Å². The zero-order valence-corrected chi connectivity index (χ0v) is 7.16. The Hall–Kier alpha value is -1.11. The van der Waals surface area contributed by atoms with Crippen LogP contribution in [0.4, 0.5) is 0 Å². The number of allylic oxidation sites excluding steroid dienone is 2. The van der Waals surface area contributed by atoms with Gasteiger partial charge in [0.05, 0.1) is 0 Å². The van der Waals surface area contributed by atoms with Crippen LogP contribution in [0, 0.1) is 0 Å². The maximum Gasteiger partial charge on any atom is 0.0444 e. The fraction of sp³-hybridized carbons (Fsp3) is 0.364. The van der Waals surface area contributed by atoms with Crippen LogP contribution in [0.1, 0.15) is 25.0 Å². The zero-order valence-electron chi connectivity index (χ0n) is 7.16. The van der Waals surface area contributed by atoms with Gasteiger partial charge in [-0.1, -0.05) is 17.7 Å². The van der Waals surface area contributed by atoms with E-state index in [4.69, 9.17) is 0 Å². The predicted octanol–water partition coefficient (Wildman–Crippen LogP) is 2.73. The van der Waals surface area contributed by atoms with Crippen LogP contribution < -0.4 is 0 Å². The lowest BCUT2D eigenvalue weighted by atomic mass is 10.1. The summed E-state index contributed by atoms with van der Waals surface area (Å²) in [7, 11) is 0. The van der Waals surface area contributed by atoms with Crippen molar-refractivity contribution in [2.45, 2.75) is 25.7 Å². The molecule has 0 radical (unpaired) electrons. The highest BCUT2D eigenvalue weighted by Gasteiger charge is 2.04. The first kappa shape index (κ1) is 7.53. The van der Waals surface area contributed by atoms with Crippen LogP contribution in [0.3, 0.4) is 0 Å². The molecule has 0 saturated carbocycles. The van der Waals surface area contributed by atoms with Crippen molar-refractivity contribution in [3.05, 3.63) is 41.7 Å². The van der Waals surface area contributed by atoms with Crippen molar-refractivity contribution in [2.24, 2.45) is 0 Å². The Morgan fingerprint density at radius 2 is 2.33 bits per heavy atom. The Labute approximate surface area is 73.1 Å². The van der Waals surface area contributed by atoms with Crippen LogP contribution in [0.2, 0.25) is 0 Å². The monoisotopic (exact) mass is 159 g/mol. The van der Waals surface area contributed by atoms with E-state index in [1.807, 2.05) is 12.3 Å². The quantitative estimate of drug-likeness (QED) is 0.605. The van der Waals surface area contributed by atoms with Gasteiger partial charge in [-0.25, -0.2) is 0 Å². The van der Waals surface area contributed by atoms with Crippen molar-refractivity contribution in [3.63, 3.8) is 0 Å². The SMILES string of the molecule is C1=C(Cc2ccccn2)CCC1. The molecule has 1 aliphatic carbocycles. The van der Waals surface area contributed by atoms with Crippen LogP contribution in [-0.2, 0) is 6.42 Å². The Kier molecular flexibility index (Phi) is 2.21. The summed E-state index contributed by atoms with van der Waals surface area (Å²) < 4.78 is 0. The molecule has 62 valence electrons. The summed E-state index contributed by atoms with van der Waals surface area (Å²) in [6.07, 6.45) is 9.15. The molecule has 0 N–H and O–H groups in total. The van der Waals surface area contributed by atoms with Gasteiger partial charge in [-0.15, -0.1) is 0 Å². The minimum absolute atomic E-state index is 1.06. The molecule has 0 bridgehead atoms. The molecule has 0 atom stereocenters. The molecule has 1 heteroatoms. The van der Waals surface area contributed by atoms with Gasteiger partial charge in [0, 0.05) is 18.3 Å². The first-order chi connectivity index (χ1) is 5.95. The highest BCUT2D eigenvalue weighted by atomic mass is 14.7. The van der Waals surface area contributed by atoms with Gasteiger partial charge in [-0.05, 0) is 31.4 Å². The number of rotatable bonds is 2. The highest BCUT2D eigenvalue weighted by molar-refractivity contribution is 5.17. The van der Waals surface area contributed by atoms with E-state index in [1.54, 1.807) is 5.57 Å². The molecule has 1 nitrogen and oxygen atoms in total. The summed E-state index contributed by atoms with van der Waals surface area (Å²) in [4.78, 5) is 4.30. The molecule has 0 fully saturated rings. The molecule has 1 aliphatic rings. The van der Waals surface area contributed by atoms with E-state index < -0.39 is 0 Å². The minimum Gasteiger partial charge on any atom is -0.261 e. The normalized spacial score (nSPS) is 16.2. The van der Waals surface area contributed by atoms with E-state index >= 15 is 0 Å². The Bertz CT molecular complexity index is 274. The molecule has 0 aliphatic heterocycles. The van der Waals surface area contributed by atoms with Crippen LogP contribution in [0.15, 0.2) is 36.0 Å². The van der Waals surface area contributed by atoms with Gasteiger partial charge in [0.1, 0.15) is 0 Å². The lowest BCUT2D eigenvalue weighted by molar-refractivity contribution is 0.879. The van der Waals surface area contributed by atoms with Gasteiger partial charge in [-0.3, -0.25) is 4.98 Å². The first-order valence-corrected chi connectivity index (χ1v) is 4.53. The molecule has 0 aromatic carbocycles. The van der Waals surface area contributed by atoms with Gasteiger partial charge in [0.2, 0.25) is 0 Å². The van der Waals surface area contributed by atoms with E-state index in [-0.39, 0.29) is 0 Å².